The highest BCUT2D eigenvalue weighted by Gasteiger charge is 2.35. The number of fused-ring (bicyclic) bond motifs is 1. The molecule has 1 fully saturated rings. The highest BCUT2D eigenvalue weighted by Crippen LogP contribution is 2.31. The Morgan fingerprint density at radius 3 is 2.94 bits per heavy atom. The number of carbonyl (C=O) groups excluding carboxylic acids is 1. The van der Waals surface area contributed by atoms with Crippen LogP contribution in [-0.2, 0) is 16.0 Å². The summed E-state index contributed by atoms with van der Waals surface area (Å²) in [6, 6.07) is 0.184. The van der Waals surface area contributed by atoms with Crippen LogP contribution in [0, 0.1) is 0 Å². The molecule has 0 radical (unpaired) electrons. The van der Waals surface area contributed by atoms with Crippen molar-refractivity contribution in [3.05, 3.63) is 17.0 Å². The minimum Gasteiger partial charge on any atom is -0.381 e. The maximum absolute atomic E-state index is 12.0. The molecule has 6 heteroatoms. The molecule has 2 aliphatic rings. The normalized spacial score (nSPS) is 20.8. The van der Waals surface area contributed by atoms with Crippen molar-refractivity contribution in [3.63, 3.8) is 0 Å². The fraction of sp³-hybridized carbons (Fsp3) is 0.545. The summed E-state index contributed by atoms with van der Waals surface area (Å²) >= 11 is 5.79. The Bertz CT molecular complexity index is 460. The van der Waals surface area contributed by atoms with Crippen LogP contribution in [0.2, 0.25) is 5.28 Å². The number of halogens is 1. The van der Waals surface area contributed by atoms with Crippen molar-refractivity contribution in [1.82, 2.24) is 9.97 Å². The molecular weight excluding hydrogens is 242 g/mol. The summed E-state index contributed by atoms with van der Waals surface area (Å²) < 4.78 is 5.31. The van der Waals surface area contributed by atoms with Crippen LogP contribution in [0.5, 0.6) is 0 Å². The van der Waals surface area contributed by atoms with E-state index in [0.717, 1.165) is 18.4 Å². The summed E-state index contributed by atoms with van der Waals surface area (Å²) in [5.41, 5.74) is 0.867. The van der Waals surface area contributed by atoms with E-state index in [4.69, 9.17) is 16.3 Å². The zero-order valence-corrected chi connectivity index (χ0v) is 9.98. The molecule has 0 atom stereocenters. The largest absolute Gasteiger partial charge is 0.381 e. The number of anilines is 1. The highest BCUT2D eigenvalue weighted by atomic mass is 35.5. The Kier molecular flexibility index (Phi) is 2.72. The number of nitrogens with zero attached hydrogens (tertiary/aromatic N) is 3. The van der Waals surface area contributed by atoms with E-state index in [9.17, 15) is 4.79 Å². The van der Waals surface area contributed by atoms with E-state index in [1.165, 1.54) is 0 Å². The van der Waals surface area contributed by atoms with Crippen molar-refractivity contribution in [3.8, 4) is 0 Å². The number of rotatable bonds is 1. The van der Waals surface area contributed by atoms with Crippen LogP contribution in [0.1, 0.15) is 18.4 Å². The van der Waals surface area contributed by atoms with Crippen LogP contribution in [0.15, 0.2) is 6.20 Å². The van der Waals surface area contributed by atoms with E-state index in [1.807, 2.05) is 0 Å². The lowest BCUT2D eigenvalue weighted by atomic mass is 10.1. The van der Waals surface area contributed by atoms with E-state index < -0.39 is 0 Å². The number of hydrogen-bond acceptors (Lipinski definition) is 4. The van der Waals surface area contributed by atoms with Crippen LogP contribution in [0.25, 0.3) is 0 Å². The summed E-state index contributed by atoms with van der Waals surface area (Å²) in [6.45, 7) is 1.39. The molecule has 5 nitrogen and oxygen atoms in total. The average Bonchev–Trinajstić information content (AvgIpc) is 2.65. The van der Waals surface area contributed by atoms with Gasteiger partial charge < -0.3 is 4.74 Å². The summed E-state index contributed by atoms with van der Waals surface area (Å²) in [6.07, 6.45) is 3.73. The number of carbonyl (C=O) groups is 1. The van der Waals surface area contributed by atoms with Crippen molar-refractivity contribution >= 4 is 23.3 Å². The smallest absolute Gasteiger partial charge is 0.233 e. The minimum absolute atomic E-state index is 0.0865. The summed E-state index contributed by atoms with van der Waals surface area (Å²) in [5, 5.41) is 0.190. The van der Waals surface area contributed by atoms with E-state index in [2.05, 4.69) is 9.97 Å². The van der Waals surface area contributed by atoms with Gasteiger partial charge in [-0.25, -0.2) is 4.98 Å². The summed E-state index contributed by atoms with van der Waals surface area (Å²) in [4.78, 5) is 21.9. The molecule has 0 N–H and O–H groups in total. The third-order valence-corrected chi connectivity index (χ3v) is 3.39. The van der Waals surface area contributed by atoms with Crippen LogP contribution < -0.4 is 4.90 Å². The first kappa shape index (κ1) is 10.9. The molecular formula is C11H12ClN3O2. The van der Waals surface area contributed by atoms with Gasteiger partial charge in [-0.15, -0.1) is 0 Å². The van der Waals surface area contributed by atoms with Crippen molar-refractivity contribution in [1.29, 1.82) is 0 Å². The fourth-order valence-corrected chi connectivity index (χ4v) is 2.53. The van der Waals surface area contributed by atoms with Gasteiger partial charge in [0.2, 0.25) is 11.2 Å². The van der Waals surface area contributed by atoms with Crippen molar-refractivity contribution in [2.45, 2.75) is 25.3 Å². The van der Waals surface area contributed by atoms with Gasteiger partial charge >= 0.3 is 0 Å². The summed E-state index contributed by atoms with van der Waals surface area (Å²) in [7, 11) is 0. The predicted octanol–water partition coefficient (Wildman–Crippen LogP) is 1.20. The SMILES string of the molecule is O=C1Cc2cnc(Cl)nc2N1C1CCOCC1. The van der Waals surface area contributed by atoms with E-state index >= 15 is 0 Å². The molecule has 0 saturated carbocycles. The Balaban J connectivity index is 1.95. The number of hydrogen-bond donors (Lipinski definition) is 0. The molecule has 17 heavy (non-hydrogen) atoms. The van der Waals surface area contributed by atoms with Gasteiger partial charge in [0.25, 0.3) is 0 Å². The zero-order valence-electron chi connectivity index (χ0n) is 9.23. The van der Waals surface area contributed by atoms with Gasteiger partial charge in [0, 0.05) is 31.0 Å². The molecule has 0 aromatic carbocycles. The van der Waals surface area contributed by atoms with Crippen LogP contribution in [0.3, 0.4) is 0 Å². The lowest BCUT2D eigenvalue weighted by Gasteiger charge is -2.30. The van der Waals surface area contributed by atoms with Crippen molar-refractivity contribution in [2.24, 2.45) is 0 Å². The number of aromatic nitrogens is 2. The second-order valence-corrected chi connectivity index (χ2v) is 4.61. The first-order valence-corrected chi connectivity index (χ1v) is 6.05. The third-order valence-electron chi connectivity index (χ3n) is 3.21. The molecule has 0 aliphatic carbocycles. The second-order valence-electron chi connectivity index (χ2n) is 4.27. The van der Waals surface area contributed by atoms with Gasteiger partial charge in [-0.2, -0.15) is 4.98 Å². The third kappa shape index (κ3) is 1.89. The van der Waals surface area contributed by atoms with Gasteiger partial charge in [-0.05, 0) is 24.4 Å². The van der Waals surface area contributed by atoms with Crippen molar-refractivity contribution in [2.75, 3.05) is 18.1 Å². The van der Waals surface area contributed by atoms with E-state index in [0.29, 0.717) is 25.5 Å². The second kappa shape index (κ2) is 4.23. The van der Waals surface area contributed by atoms with Gasteiger partial charge in [-0.3, -0.25) is 9.69 Å². The standard InChI is InChI=1S/C11H12ClN3O2/c12-11-13-6-7-5-9(16)15(10(7)14-11)8-1-3-17-4-2-8/h6,8H,1-5H2. The molecule has 0 bridgehead atoms. The zero-order chi connectivity index (χ0) is 11.8. The Morgan fingerprint density at radius 2 is 2.18 bits per heavy atom. The van der Waals surface area contributed by atoms with E-state index in [1.54, 1.807) is 11.1 Å². The quantitative estimate of drug-likeness (QED) is 0.706. The Morgan fingerprint density at radius 1 is 1.41 bits per heavy atom. The van der Waals surface area contributed by atoms with Crippen LogP contribution in [0.4, 0.5) is 5.82 Å². The highest BCUT2D eigenvalue weighted by molar-refractivity contribution is 6.28. The lowest BCUT2D eigenvalue weighted by Crippen LogP contribution is -2.41. The number of ether oxygens (including phenoxy) is 1. The van der Waals surface area contributed by atoms with Gasteiger partial charge in [0.05, 0.1) is 6.42 Å². The maximum Gasteiger partial charge on any atom is 0.233 e. The molecule has 0 spiro atoms. The maximum atomic E-state index is 12.0. The van der Waals surface area contributed by atoms with Crippen molar-refractivity contribution < 1.29 is 9.53 Å². The van der Waals surface area contributed by atoms with Gasteiger partial charge in [-0.1, -0.05) is 0 Å². The van der Waals surface area contributed by atoms with Gasteiger partial charge in [0.15, 0.2) is 0 Å². The van der Waals surface area contributed by atoms with Crippen LogP contribution in [-0.4, -0.2) is 35.1 Å². The minimum atomic E-state index is 0.0865. The Labute approximate surface area is 104 Å². The summed E-state index contributed by atoms with van der Waals surface area (Å²) in [5.74, 6) is 0.769. The molecule has 1 saturated heterocycles. The molecule has 2 aliphatic heterocycles. The molecule has 3 heterocycles. The topological polar surface area (TPSA) is 55.3 Å². The molecule has 1 amide bonds. The molecule has 0 unspecified atom stereocenters. The Hall–Kier alpha value is -1.20. The molecule has 90 valence electrons. The first-order valence-electron chi connectivity index (χ1n) is 5.67. The number of amides is 1. The average molecular weight is 254 g/mol. The lowest BCUT2D eigenvalue weighted by molar-refractivity contribution is -0.118. The molecule has 3 rings (SSSR count). The van der Waals surface area contributed by atoms with E-state index in [-0.39, 0.29) is 17.2 Å². The fourth-order valence-electron chi connectivity index (χ4n) is 2.40. The predicted molar refractivity (Wildman–Crippen MR) is 62.1 cm³/mol. The monoisotopic (exact) mass is 253 g/mol. The van der Waals surface area contributed by atoms with Crippen LogP contribution >= 0.6 is 11.6 Å². The first-order chi connectivity index (χ1) is 8.25. The molecule has 1 aromatic heterocycles. The van der Waals surface area contributed by atoms with Gasteiger partial charge in [0.1, 0.15) is 5.82 Å². The molecule has 1 aromatic rings.